The second kappa shape index (κ2) is 10.4. The van der Waals surface area contributed by atoms with Gasteiger partial charge in [-0.15, -0.1) is 0 Å². The van der Waals surface area contributed by atoms with Gasteiger partial charge in [-0.05, 0) is 48.5 Å². The zero-order chi connectivity index (χ0) is 24.8. The van der Waals surface area contributed by atoms with E-state index in [4.69, 9.17) is 9.47 Å². The average molecular weight is 469 g/mol. The van der Waals surface area contributed by atoms with E-state index in [-0.39, 0.29) is 16.9 Å². The maximum absolute atomic E-state index is 13.3. The van der Waals surface area contributed by atoms with Gasteiger partial charge in [0.1, 0.15) is 11.4 Å². The zero-order valence-electron chi connectivity index (χ0n) is 19.1. The number of H-pyrrole nitrogens is 1. The first-order chi connectivity index (χ1) is 17.0. The largest absolute Gasteiger partial charge is 0.497 e. The molecule has 35 heavy (non-hydrogen) atoms. The van der Waals surface area contributed by atoms with Gasteiger partial charge in [0.25, 0.3) is 11.8 Å². The molecule has 8 nitrogen and oxygen atoms in total. The third kappa shape index (κ3) is 5.22. The molecule has 1 aromatic heterocycles. The first-order valence-electron chi connectivity index (χ1n) is 10.7. The summed E-state index contributed by atoms with van der Waals surface area (Å²) in [6.45, 7) is 0. The van der Waals surface area contributed by atoms with E-state index in [0.29, 0.717) is 16.9 Å². The summed E-state index contributed by atoms with van der Waals surface area (Å²) in [6, 6.07) is 20.5. The molecule has 0 spiro atoms. The van der Waals surface area contributed by atoms with Gasteiger partial charge in [-0.2, -0.15) is 0 Å². The van der Waals surface area contributed by atoms with Crippen LogP contribution in [0.1, 0.15) is 26.3 Å². The van der Waals surface area contributed by atoms with Gasteiger partial charge in [-0.25, -0.2) is 4.79 Å². The Bertz CT molecular complexity index is 1420. The molecule has 0 aliphatic rings. The molecule has 3 N–H and O–H groups in total. The monoisotopic (exact) mass is 469 g/mol. The number of hydrogen-bond donors (Lipinski definition) is 3. The van der Waals surface area contributed by atoms with Crippen LogP contribution in [0.2, 0.25) is 0 Å². The summed E-state index contributed by atoms with van der Waals surface area (Å²) in [5.41, 5.74) is 2.32. The summed E-state index contributed by atoms with van der Waals surface area (Å²) < 4.78 is 10.1. The Morgan fingerprint density at radius 2 is 1.66 bits per heavy atom. The van der Waals surface area contributed by atoms with E-state index in [1.54, 1.807) is 74.0 Å². The first-order valence-corrected chi connectivity index (χ1v) is 10.7. The third-order valence-corrected chi connectivity index (χ3v) is 5.33. The molecule has 0 unspecified atom stereocenters. The fraction of sp³-hybridized carbons (Fsp3) is 0.0741. The number of carbonyl (C=O) groups is 3. The van der Waals surface area contributed by atoms with E-state index < -0.39 is 17.8 Å². The van der Waals surface area contributed by atoms with Crippen molar-refractivity contribution in [3.8, 4) is 5.75 Å². The molecule has 0 aliphatic heterocycles. The van der Waals surface area contributed by atoms with Crippen molar-refractivity contribution in [2.24, 2.45) is 0 Å². The fourth-order valence-corrected chi connectivity index (χ4v) is 3.54. The molecule has 1 heterocycles. The topological polar surface area (TPSA) is 110 Å². The molecule has 0 atom stereocenters. The first kappa shape index (κ1) is 23.3. The smallest absolute Gasteiger partial charge is 0.339 e. The van der Waals surface area contributed by atoms with Crippen LogP contribution in [0.3, 0.4) is 0 Å². The standard InChI is InChI=1S/C27H23N3O5/c1-34-19-12-13-22-21(15-19)18(16-28-22)14-24(30-25(31)17-8-4-3-5-9-17)26(32)29-23-11-7-6-10-20(23)27(33)35-2/h3-16,28H,1-2H3,(H,29,32)(H,30,31). The lowest BCUT2D eigenvalue weighted by Gasteiger charge is -2.13. The van der Waals surface area contributed by atoms with Crippen molar-refractivity contribution >= 4 is 40.4 Å². The number of benzene rings is 3. The second-order valence-corrected chi connectivity index (χ2v) is 7.52. The molecule has 4 aromatic rings. The number of para-hydroxylation sites is 1. The molecule has 0 saturated carbocycles. The van der Waals surface area contributed by atoms with E-state index >= 15 is 0 Å². The Morgan fingerprint density at radius 3 is 2.40 bits per heavy atom. The van der Waals surface area contributed by atoms with E-state index in [1.807, 2.05) is 18.2 Å². The Morgan fingerprint density at radius 1 is 0.914 bits per heavy atom. The third-order valence-electron chi connectivity index (χ3n) is 5.33. The van der Waals surface area contributed by atoms with Crippen LogP contribution in [0.25, 0.3) is 17.0 Å². The normalized spacial score (nSPS) is 11.1. The average Bonchev–Trinajstić information content (AvgIpc) is 3.30. The Labute approximate surface area is 201 Å². The number of anilines is 1. The SMILES string of the molecule is COC(=O)c1ccccc1NC(=O)C(=Cc1c[nH]c2ccc(OC)cc12)NC(=O)c1ccccc1. The van der Waals surface area contributed by atoms with Crippen molar-refractivity contribution in [1.82, 2.24) is 10.3 Å². The van der Waals surface area contributed by atoms with Crippen LogP contribution >= 0.6 is 0 Å². The zero-order valence-corrected chi connectivity index (χ0v) is 19.1. The number of aromatic nitrogens is 1. The molecule has 2 amide bonds. The van der Waals surface area contributed by atoms with E-state index in [2.05, 4.69) is 15.6 Å². The minimum Gasteiger partial charge on any atom is -0.497 e. The Hall–Kier alpha value is -4.85. The van der Waals surface area contributed by atoms with Gasteiger partial charge in [0.05, 0.1) is 25.5 Å². The molecule has 4 rings (SSSR count). The lowest BCUT2D eigenvalue weighted by atomic mass is 10.1. The van der Waals surface area contributed by atoms with Gasteiger partial charge in [0.2, 0.25) is 0 Å². The summed E-state index contributed by atoms with van der Waals surface area (Å²) >= 11 is 0. The van der Waals surface area contributed by atoms with Gasteiger partial charge < -0.3 is 25.1 Å². The number of carbonyl (C=O) groups excluding carboxylic acids is 3. The van der Waals surface area contributed by atoms with Crippen LogP contribution in [-0.2, 0) is 9.53 Å². The van der Waals surface area contributed by atoms with E-state index in [0.717, 1.165) is 10.9 Å². The lowest BCUT2D eigenvalue weighted by molar-refractivity contribution is -0.113. The number of hydrogen-bond acceptors (Lipinski definition) is 5. The quantitative estimate of drug-likeness (QED) is 0.275. The minimum atomic E-state index is -0.608. The molecular weight excluding hydrogens is 446 g/mol. The van der Waals surface area contributed by atoms with Crippen LogP contribution in [0, 0.1) is 0 Å². The molecule has 0 radical (unpaired) electrons. The summed E-state index contributed by atoms with van der Waals surface area (Å²) in [7, 11) is 2.83. The molecule has 0 bridgehead atoms. The van der Waals surface area contributed by atoms with E-state index in [9.17, 15) is 14.4 Å². The van der Waals surface area contributed by atoms with Crippen molar-refractivity contribution in [2.45, 2.75) is 0 Å². The highest BCUT2D eigenvalue weighted by Crippen LogP contribution is 2.25. The molecule has 0 aliphatic carbocycles. The number of nitrogens with one attached hydrogen (secondary N) is 3. The number of rotatable bonds is 7. The van der Waals surface area contributed by atoms with Crippen molar-refractivity contribution in [2.75, 3.05) is 19.5 Å². The van der Waals surface area contributed by atoms with Gasteiger partial charge in [-0.1, -0.05) is 30.3 Å². The van der Waals surface area contributed by atoms with Crippen molar-refractivity contribution in [3.63, 3.8) is 0 Å². The van der Waals surface area contributed by atoms with Crippen molar-refractivity contribution in [3.05, 3.63) is 101 Å². The number of esters is 1. The number of ether oxygens (including phenoxy) is 2. The summed E-state index contributed by atoms with van der Waals surface area (Å²) in [4.78, 5) is 41.5. The number of fused-ring (bicyclic) bond motifs is 1. The number of aromatic amines is 1. The molecule has 176 valence electrons. The maximum atomic E-state index is 13.3. The number of amides is 2. The molecule has 0 fully saturated rings. The minimum absolute atomic E-state index is 0.0118. The van der Waals surface area contributed by atoms with Gasteiger partial charge >= 0.3 is 5.97 Å². The van der Waals surface area contributed by atoms with Crippen LogP contribution in [0.4, 0.5) is 5.69 Å². The van der Waals surface area contributed by atoms with Crippen LogP contribution in [0.15, 0.2) is 84.7 Å². The van der Waals surface area contributed by atoms with Crippen LogP contribution in [0.5, 0.6) is 5.75 Å². The highest BCUT2D eigenvalue weighted by molar-refractivity contribution is 6.13. The van der Waals surface area contributed by atoms with Crippen LogP contribution < -0.4 is 15.4 Å². The highest BCUT2D eigenvalue weighted by atomic mass is 16.5. The maximum Gasteiger partial charge on any atom is 0.339 e. The number of methoxy groups -OCH3 is 2. The van der Waals surface area contributed by atoms with Gasteiger partial charge in [0, 0.05) is 28.2 Å². The van der Waals surface area contributed by atoms with Crippen molar-refractivity contribution in [1.29, 1.82) is 0 Å². The fourth-order valence-electron chi connectivity index (χ4n) is 3.54. The molecular formula is C27H23N3O5. The highest BCUT2D eigenvalue weighted by Gasteiger charge is 2.19. The summed E-state index contributed by atoms with van der Waals surface area (Å²) in [5.74, 6) is -1.00. The molecule has 3 aromatic carbocycles. The molecule has 8 heteroatoms. The van der Waals surface area contributed by atoms with Gasteiger partial charge in [0.15, 0.2) is 0 Å². The van der Waals surface area contributed by atoms with Crippen LogP contribution in [-0.4, -0.2) is 37.0 Å². The lowest BCUT2D eigenvalue weighted by Crippen LogP contribution is -2.31. The Kier molecular flexibility index (Phi) is 6.92. The summed E-state index contributed by atoms with van der Waals surface area (Å²) in [5, 5.41) is 6.21. The second-order valence-electron chi connectivity index (χ2n) is 7.52. The summed E-state index contributed by atoms with van der Waals surface area (Å²) in [6.07, 6.45) is 3.30. The predicted molar refractivity (Wildman–Crippen MR) is 133 cm³/mol. The van der Waals surface area contributed by atoms with Gasteiger partial charge in [-0.3, -0.25) is 9.59 Å². The molecule has 0 saturated heterocycles. The van der Waals surface area contributed by atoms with Crippen molar-refractivity contribution < 1.29 is 23.9 Å². The predicted octanol–water partition coefficient (Wildman–Crippen LogP) is 4.37. The Balaban J connectivity index is 1.73. The van der Waals surface area contributed by atoms with E-state index in [1.165, 1.54) is 7.11 Å².